The molecule has 0 aliphatic rings. The predicted molar refractivity (Wildman–Crippen MR) is 78.3 cm³/mol. The Morgan fingerprint density at radius 2 is 2.05 bits per heavy atom. The van der Waals surface area contributed by atoms with Crippen molar-refractivity contribution < 1.29 is 14.0 Å². The van der Waals surface area contributed by atoms with Gasteiger partial charge in [-0.1, -0.05) is 33.2 Å². The molecular formula is C15H10BrFN2O2. The summed E-state index contributed by atoms with van der Waals surface area (Å²) < 4.78 is 19.2. The third-order valence-electron chi connectivity index (χ3n) is 2.90. The fourth-order valence-electron chi connectivity index (χ4n) is 1.95. The van der Waals surface area contributed by atoms with Crippen LogP contribution in [0.4, 0.5) is 4.39 Å². The molecule has 6 heteroatoms. The summed E-state index contributed by atoms with van der Waals surface area (Å²) in [6.45, 7) is 0. The quantitative estimate of drug-likeness (QED) is 0.778. The molecule has 2 aromatic carbocycles. The number of phenols is 1. The van der Waals surface area contributed by atoms with Crippen LogP contribution < -0.4 is 0 Å². The normalized spacial score (nSPS) is 10.8. The predicted octanol–water partition coefficient (Wildman–Crippen LogP) is 3.93. The number of aromatic nitrogens is 2. The van der Waals surface area contributed by atoms with E-state index < -0.39 is 0 Å². The molecule has 106 valence electrons. The third kappa shape index (κ3) is 3.11. The van der Waals surface area contributed by atoms with E-state index in [0.29, 0.717) is 28.2 Å². The zero-order valence-corrected chi connectivity index (χ0v) is 12.3. The standard InChI is InChI=1S/C15H10BrFN2O2/c16-13-5-4-10(17)8-12(13)15-18-14(21-19-15)7-9-2-1-3-11(20)6-9/h1-6,8,20H,7H2. The van der Waals surface area contributed by atoms with Gasteiger partial charge < -0.3 is 9.63 Å². The van der Waals surface area contributed by atoms with E-state index in [1.54, 1.807) is 24.3 Å². The van der Waals surface area contributed by atoms with Gasteiger partial charge in [-0.25, -0.2) is 4.39 Å². The number of aromatic hydroxyl groups is 1. The smallest absolute Gasteiger partial charge is 0.231 e. The highest BCUT2D eigenvalue weighted by Crippen LogP contribution is 2.27. The van der Waals surface area contributed by atoms with Crippen molar-refractivity contribution in [2.24, 2.45) is 0 Å². The minimum Gasteiger partial charge on any atom is -0.508 e. The summed E-state index contributed by atoms with van der Waals surface area (Å²) in [6.07, 6.45) is 0.397. The molecule has 0 unspecified atom stereocenters. The van der Waals surface area contributed by atoms with Crippen LogP contribution in [0.1, 0.15) is 11.5 Å². The largest absolute Gasteiger partial charge is 0.508 e. The van der Waals surface area contributed by atoms with Crippen LogP contribution in [0.25, 0.3) is 11.4 Å². The second-order valence-corrected chi connectivity index (χ2v) is 5.34. The number of benzene rings is 2. The van der Waals surface area contributed by atoms with Crippen molar-refractivity contribution in [3.63, 3.8) is 0 Å². The van der Waals surface area contributed by atoms with Crippen molar-refractivity contribution in [2.45, 2.75) is 6.42 Å². The molecule has 0 radical (unpaired) electrons. The summed E-state index contributed by atoms with van der Waals surface area (Å²) in [7, 11) is 0. The van der Waals surface area contributed by atoms with E-state index in [9.17, 15) is 9.50 Å². The van der Waals surface area contributed by atoms with Crippen LogP contribution in [-0.2, 0) is 6.42 Å². The average Bonchev–Trinajstić information content (AvgIpc) is 2.90. The molecule has 0 spiro atoms. The topological polar surface area (TPSA) is 59.2 Å². The molecular weight excluding hydrogens is 339 g/mol. The van der Waals surface area contributed by atoms with E-state index in [-0.39, 0.29) is 11.6 Å². The zero-order chi connectivity index (χ0) is 14.8. The lowest BCUT2D eigenvalue weighted by Crippen LogP contribution is -1.89. The Morgan fingerprint density at radius 3 is 2.86 bits per heavy atom. The maximum Gasteiger partial charge on any atom is 0.231 e. The van der Waals surface area contributed by atoms with Gasteiger partial charge in [0, 0.05) is 10.0 Å². The van der Waals surface area contributed by atoms with Gasteiger partial charge in [0.1, 0.15) is 11.6 Å². The second kappa shape index (κ2) is 5.65. The Hall–Kier alpha value is -2.21. The minimum absolute atomic E-state index is 0.181. The molecule has 4 nitrogen and oxygen atoms in total. The Morgan fingerprint density at radius 1 is 1.19 bits per heavy atom. The molecule has 3 rings (SSSR count). The molecule has 0 bridgehead atoms. The first-order valence-electron chi connectivity index (χ1n) is 6.18. The minimum atomic E-state index is -0.368. The molecule has 1 heterocycles. The zero-order valence-electron chi connectivity index (χ0n) is 10.8. The van der Waals surface area contributed by atoms with Gasteiger partial charge in [-0.15, -0.1) is 0 Å². The van der Waals surface area contributed by atoms with Gasteiger partial charge in [0.05, 0.1) is 6.42 Å². The molecule has 21 heavy (non-hydrogen) atoms. The maximum atomic E-state index is 13.3. The lowest BCUT2D eigenvalue weighted by atomic mass is 10.1. The van der Waals surface area contributed by atoms with Gasteiger partial charge in [0.15, 0.2) is 0 Å². The van der Waals surface area contributed by atoms with Crippen molar-refractivity contribution in [3.05, 3.63) is 64.2 Å². The Labute approximate surface area is 128 Å². The first-order chi connectivity index (χ1) is 10.1. The van der Waals surface area contributed by atoms with E-state index in [0.717, 1.165) is 5.56 Å². The van der Waals surface area contributed by atoms with Crippen LogP contribution in [0.2, 0.25) is 0 Å². The Kier molecular flexibility index (Phi) is 3.70. The molecule has 0 atom stereocenters. The lowest BCUT2D eigenvalue weighted by Gasteiger charge is -1.98. The van der Waals surface area contributed by atoms with Gasteiger partial charge in [0.25, 0.3) is 0 Å². The molecule has 0 amide bonds. The molecule has 1 aromatic heterocycles. The van der Waals surface area contributed by atoms with Crippen molar-refractivity contribution in [2.75, 3.05) is 0 Å². The van der Waals surface area contributed by atoms with Gasteiger partial charge in [-0.05, 0) is 35.9 Å². The molecule has 1 N–H and O–H groups in total. The highest BCUT2D eigenvalue weighted by atomic mass is 79.9. The van der Waals surface area contributed by atoms with Crippen LogP contribution in [0.5, 0.6) is 5.75 Å². The summed E-state index contributed by atoms with van der Waals surface area (Å²) in [6, 6.07) is 11.1. The summed E-state index contributed by atoms with van der Waals surface area (Å²) in [5, 5.41) is 13.3. The SMILES string of the molecule is Oc1cccc(Cc2nc(-c3cc(F)ccc3Br)no2)c1. The summed E-state index contributed by atoms with van der Waals surface area (Å²) in [4.78, 5) is 4.25. The number of halogens is 2. The van der Waals surface area contributed by atoms with E-state index in [2.05, 4.69) is 26.1 Å². The van der Waals surface area contributed by atoms with Gasteiger partial charge in [-0.2, -0.15) is 4.98 Å². The average molecular weight is 349 g/mol. The number of rotatable bonds is 3. The van der Waals surface area contributed by atoms with E-state index in [4.69, 9.17) is 4.52 Å². The van der Waals surface area contributed by atoms with E-state index >= 15 is 0 Å². The fourth-order valence-corrected chi connectivity index (χ4v) is 2.37. The monoisotopic (exact) mass is 348 g/mol. The summed E-state index contributed by atoms with van der Waals surface area (Å²) in [5.41, 5.74) is 1.38. The third-order valence-corrected chi connectivity index (χ3v) is 3.59. The number of hydrogen-bond acceptors (Lipinski definition) is 4. The fraction of sp³-hybridized carbons (Fsp3) is 0.0667. The Balaban J connectivity index is 1.88. The van der Waals surface area contributed by atoms with Crippen LogP contribution in [0.15, 0.2) is 51.5 Å². The van der Waals surface area contributed by atoms with Crippen LogP contribution in [-0.4, -0.2) is 15.2 Å². The first-order valence-corrected chi connectivity index (χ1v) is 6.97. The van der Waals surface area contributed by atoms with Crippen molar-refractivity contribution >= 4 is 15.9 Å². The number of phenolic OH excluding ortho intramolecular Hbond substituents is 1. The van der Waals surface area contributed by atoms with Crippen LogP contribution in [0.3, 0.4) is 0 Å². The summed E-state index contributed by atoms with van der Waals surface area (Å²) >= 11 is 3.33. The highest BCUT2D eigenvalue weighted by Gasteiger charge is 2.13. The molecule has 0 aliphatic carbocycles. The lowest BCUT2D eigenvalue weighted by molar-refractivity contribution is 0.385. The van der Waals surface area contributed by atoms with Gasteiger partial charge >= 0.3 is 0 Å². The second-order valence-electron chi connectivity index (χ2n) is 4.48. The van der Waals surface area contributed by atoms with Crippen molar-refractivity contribution in [3.8, 4) is 17.1 Å². The first kappa shape index (κ1) is 13.8. The number of hydrogen-bond donors (Lipinski definition) is 1. The summed E-state index contributed by atoms with van der Waals surface area (Å²) in [5.74, 6) is 0.524. The van der Waals surface area contributed by atoms with Crippen LogP contribution >= 0.6 is 15.9 Å². The molecule has 0 fully saturated rings. The molecule has 0 saturated carbocycles. The highest BCUT2D eigenvalue weighted by molar-refractivity contribution is 9.10. The van der Waals surface area contributed by atoms with E-state index in [1.165, 1.54) is 12.1 Å². The molecule has 0 aliphatic heterocycles. The number of nitrogens with zero attached hydrogens (tertiary/aromatic N) is 2. The molecule has 0 saturated heterocycles. The molecule has 3 aromatic rings. The van der Waals surface area contributed by atoms with E-state index in [1.807, 2.05) is 6.07 Å². The van der Waals surface area contributed by atoms with Crippen LogP contribution in [0, 0.1) is 5.82 Å². The Bertz CT molecular complexity index is 789. The maximum absolute atomic E-state index is 13.3. The van der Waals surface area contributed by atoms with Crippen molar-refractivity contribution in [1.82, 2.24) is 10.1 Å². The van der Waals surface area contributed by atoms with Gasteiger partial charge in [0.2, 0.25) is 11.7 Å². The van der Waals surface area contributed by atoms with Crippen molar-refractivity contribution in [1.29, 1.82) is 0 Å². The van der Waals surface area contributed by atoms with Gasteiger partial charge in [-0.3, -0.25) is 0 Å².